The third-order valence-corrected chi connectivity index (χ3v) is 4.58. The molecule has 0 radical (unpaired) electrons. The van der Waals surface area contributed by atoms with Gasteiger partial charge in [0.2, 0.25) is 0 Å². The van der Waals surface area contributed by atoms with Gasteiger partial charge < -0.3 is 14.6 Å². The second kappa shape index (κ2) is 8.76. The molecule has 0 amide bonds. The number of aryl methyl sites for hydroxylation is 1. The average molecular weight is 424 g/mol. The Labute approximate surface area is 161 Å². The highest BCUT2D eigenvalue weighted by Gasteiger charge is 2.34. The van der Waals surface area contributed by atoms with Crippen LogP contribution in [0.3, 0.4) is 0 Å². The predicted molar refractivity (Wildman–Crippen MR) is 91.7 cm³/mol. The molecule has 28 heavy (non-hydrogen) atoms. The molecule has 0 bridgehead atoms. The number of alkyl halides is 3. The van der Waals surface area contributed by atoms with Gasteiger partial charge in [-0.1, -0.05) is 0 Å². The molecule has 0 aliphatic heterocycles. The van der Waals surface area contributed by atoms with Crippen LogP contribution in [0, 0.1) is 11.6 Å². The van der Waals surface area contributed by atoms with E-state index in [2.05, 4.69) is 0 Å². The fraction of sp³-hybridized carbons (Fsp3) is 0.389. The number of aliphatic carboxylic acids is 1. The molecule has 2 aromatic rings. The Morgan fingerprint density at radius 2 is 1.79 bits per heavy atom. The lowest BCUT2D eigenvalue weighted by Crippen LogP contribution is -2.07. The number of hydrogen-bond donors (Lipinski definition) is 1. The van der Waals surface area contributed by atoms with Gasteiger partial charge in [-0.3, -0.25) is 4.79 Å². The third kappa shape index (κ3) is 5.82. The summed E-state index contributed by atoms with van der Waals surface area (Å²) in [5.41, 5.74) is 0.129. The summed E-state index contributed by atoms with van der Waals surface area (Å²) >= 11 is 0.369. The molecule has 4 nitrogen and oxygen atoms in total. The summed E-state index contributed by atoms with van der Waals surface area (Å²) in [6.07, 6.45) is -5.36. The molecule has 0 spiro atoms. The van der Waals surface area contributed by atoms with Crippen molar-refractivity contribution in [3.63, 3.8) is 0 Å². The molecular formula is C18H17F5O4S. The molecule has 1 aromatic heterocycles. The third-order valence-electron chi connectivity index (χ3n) is 3.45. The molecule has 1 N–H and O–H groups in total. The first-order chi connectivity index (χ1) is 13.0. The van der Waals surface area contributed by atoms with Crippen LogP contribution in [0.5, 0.6) is 11.5 Å². The summed E-state index contributed by atoms with van der Waals surface area (Å²) in [6, 6.07) is 2.69. The van der Waals surface area contributed by atoms with Crippen molar-refractivity contribution in [2.45, 2.75) is 45.6 Å². The number of benzene rings is 1. The van der Waals surface area contributed by atoms with Gasteiger partial charge >= 0.3 is 12.1 Å². The van der Waals surface area contributed by atoms with Gasteiger partial charge in [0.05, 0.1) is 11.0 Å². The highest BCUT2D eigenvalue weighted by Crippen LogP contribution is 2.41. The van der Waals surface area contributed by atoms with Crippen LogP contribution in [0.1, 0.15) is 35.6 Å². The van der Waals surface area contributed by atoms with Gasteiger partial charge in [0, 0.05) is 12.5 Å². The van der Waals surface area contributed by atoms with E-state index >= 15 is 0 Å². The van der Waals surface area contributed by atoms with Crippen LogP contribution < -0.4 is 9.47 Å². The van der Waals surface area contributed by atoms with Crippen molar-refractivity contribution in [1.82, 2.24) is 0 Å². The monoisotopic (exact) mass is 424 g/mol. The lowest BCUT2D eigenvalue weighted by atomic mass is 10.1. The molecule has 0 aliphatic rings. The molecule has 0 saturated carbocycles. The van der Waals surface area contributed by atoms with Crippen molar-refractivity contribution in [3.05, 3.63) is 45.2 Å². The summed E-state index contributed by atoms with van der Waals surface area (Å²) in [5.74, 6) is -4.07. The number of hydrogen-bond acceptors (Lipinski definition) is 4. The molecule has 0 saturated heterocycles. The zero-order valence-electron chi connectivity index (χ0n) is 14.9. The summed E-state index contributed by atoms with van der Waals surface area (Å²) in [5, 5.41) is 8.62. The highest BCUT2D eigenvalue weighted by molar-refractivity contribution is 7.12. The van der Waals surface area contributed by atoms with Crippen LogP contribution in [0.4, 0.5) is 22.0 Å². The van der Waals surface area contributed by atoms with E-state index < -0.39 is 47.1 Å². The van der Waals surface area contributed by atoms with Gasteiger partial charge in [-0.25, -0.2) is 8.78 Å². The fourth-order valence-electron chi connectivity index (χ4n) is 2.29. The Kier molecular flexibility index (Phi) is 6.87. The first-order valence-electron chi connectivity index (χ1n) is 8.16. The molecule has 1 heterocycles. The lowest BCUT2D eigenvalue weighted by molar-refractivity contribution is -0.137. The summed E-state index contributed by atoms with van der Waals surface area (Å²) in [4.78, 5) is 9.67. The zero-order chi connectivity index (χ0) is 21.1. The zero-order valence-corrected chi connectivity index (χ0v) is 15.7. The molecule has 0 atom stereocenters. The summed E-state index contributed by atoms with van der Waals surface area (Å²) in [6.45, 7) is 2.74. The first-order valence-corrected chi connectivity index (χ1v) is 8.98. The maximum absolute atomic E-state index is 14.1. The van der Waals surface area contributed by atoms with E-state index in [1.165, 1.54) is 0 Å². The van der Waals surface area contributed by atoms with Gasteiger partial charge in [-0.15, -0.1) is 11.3 Å². The van der Waals surface area contributed by atoms with Gasteiger partial charge in [-0.05, 0) is 38.0 Å². The van der Waals surface area contributed by atoms with E-state index in [9.17, 15) is 26.7 Å². The second-order valence-corrected chi connectivity index (χ2v) is 7.27. The number of carboxylic acids is 1. The Morgan fingerprint density at radius 1 is 1.18 bits per heavy atom. The van der Waals surface area contributed by atoms with E-state index in [1.54, 1.807) is 13.8 Å². The van der Waals surface area contributed by atoms with Crippen molar-refractivity contribution in [2.75, 3.05) is 0 Å². The lowest BCUT2D eigenvalue weighted by Gasteiger charge is -2.12. The van der Waals surface area contributed by atoms with Crippen LogP contribution in [-0.2, 0) is 24.0 Å². The Bertz CT molecular complexity index is 822. The first kappa shape index (κ1) is 21.9. The molecule has 2 rings (SSSR count). The molecule has 154 valence electrons. The topological polar surface area (TPSA) is 55.8 Å². The van der Waals surface area contributed by atoms with Gasteiger partial charge in [-0.2, -0.15) is 13.2 Å². The average Bonchev–Trinajstić information content (AvgIpc) is 2.94. The number of halogens is 5. The largest absolute Gasteiger partial charge is 0.490 e. The maximum Gasteiger partial charge on any atom is 0.425 e. The van der Waals surface area contributed by atoms with E-state index in [0.717, 1.165) is 18.2 Å². The van der Waals surface area contributed by atoms with Crippen molar-refractivity contribution in [3.8, 4) is 11.5 Å². The van der Waals surface area contributed by atoms with Gasteiger partial charge in [0.15, 0.2) is 17.4 Å². The van der Waals surface area contributed by atoms with Crippen LogP contribution >= 0.6 is 11.3 Å². The maximum atomic E-state index is 14.1. The SMILES string of the molecule is CC(C)Oc1cc(C(F)(F)F)sc1COc1c(F)cc(CCC(=O)O)cc1F. The number of thiophene rings is 1. The van der Waals surface area contributed by atoms with E-state index in [-0.39, 0.29) is 29.0 Å². The van der Waals surface area contributed by atoms with E-state index in [0.29, 0.717) is 11.3 Å². The number of rotatable bonds is 8. The molecule has 1 aromatic carbocycles. The Balaban J connectivity index is 2.21. The van der Waals surface area contributed by atoms with Crippen molar-refractivity contribution >= 4 is 17.3 Å². The Hall–Kier alpha value is -2.36. The minimum Gasteiger partial charge on any atom is -0.490 e. The smallest absolute Gasteiger partial charge is 0.425 e. The molecule has 0 fully saturated rings. The quantitative estimate of drug-likeness (QED) is 0.575. The number of ether oxygens (including phenoxy) is 2. The highest BCUT2D eigenvalue weighted by atomic mass is 32.1. The minimum absolute atomic E-state index is 0.0368. The molecular weight excluding hydrogens is 407 g/mol. The molecule has 0 aliphatic carbocycles. The molecule has 10 heteroatoms. The van der Waals surface area contributed by atoms with Crippen molar-refractivity contribution in [1.29, 1.82) is 0 Å². The normalized spacial score (nSPS) is 11.7. The van der Waals surface area contributed by atoms with Crippen LogP contribution in [0.25, 0.3) is 0 Å². The molecule has 0 unspecified atom stereocenters. The summed E-state index contributed by atoms with van der Waals surface area (Å²) < 4.78 is 77.5. The van der Waals surface area contributed by atoms with Gasteiger partial charge in [0.25, 0.3) is 0 Å². The minimum atomic E-state index is -4.58. The second-order valence-electron chi connectivity index (χ2n) is 6.13. The van der Waals surface area contributed by atoms with Crippen LogP contribution in [-0.4, -0.2) is 17.2 Å². The Morgan fingerprint density at radius 3 is 2.29 bits per heavy atom. The van der Waals surface area contributed by atoms with Crippen LogP contribution in [0.15, 0.2) is 18.2 Å². The van der Waals surface area contributed by atoms with Gasteiger partial charge in [0.1, 0.15) is 17.2 Å². The van der Waals surface area contributed by atoms with Crippen molar-refractivity contribution < 1.29 is 41.3 Å². The van der Waals surface area contributed by atoms with E-state index in [1.807, 2.05) is 0 Å². The standard InChI is InChI=1S/C18H17F5O4S/c1-9(2)27-13-7-15(18(21,22)23)28-14(13)8-26-17-11(19)5-10(6-12(17)20)3-4-16(24)25/h5-7,9H,3-4,8H2,1-2H3,(H,24,25). The van der Waals surface area contributed by atoms with E-state index in [4.69, 9.17) is 14.6 Å². The van der Waals surface area contributed by atoms with Crippen LogP contribution in [0.2, 0.25) is 0 Å². The summed E-state index contributed by atoms with van der Waals surface area (Å²) in [7, 11) is 0. The number of carboxylic acid groups (broad SMARTS) is 1. The van der Waals surface area contributed by atoms with Crippen molar-refractivity contribution in [2.24, 2.45) is 0 Å². The fourth-order valence-corrected chi connectivity index (χ4v) is 3.16. The predicted octanol–water partition coefficient (Wildman–Crippen LogP) is 5.43. The number of carbonyl (C=O) groups is 1.